The average molecular weight is 346 g/mol. The van der Waals surface area contributed by atoms with Crippen LogP contribution in [0.25, 0.3) is 0 Å². The summed E-state index contributed by atoms with van der Waals surface area (Å²) in [4.78, 5) is 19.2. The van der Waals surface area contributed by atoms with Crippen LogP contribution in [-0.2, 0) is 0 Å². The minimum Gasteiger partial charge on any atom is -0.292 e. The van der Waals surface area contributed by atoms with Crippen molar-refractivity contribution < 1.29 is 4.92 Å². The third-order valence-corrected chi connectivity index (χ3v) is 4.15. The van der Waals surface area contributed by atoms with Crippen molar-refractivity contribution in [2.45, 2.75) is 16.8 Å². The fourth-order valence-corrected chi connectivity index (χ4v) is 2.89. The molecule has 21 heavy (non-hydrogen) atoms. The van der Waals surface area contributed by atoms with Gasteiger partial charge in [-0.1, -0.05) is 35.0 Å². The van der Waals surface area contributed by atoms with Gasteiger partial charge in [0.25, 0.3) is 0 Å². The molecular weight excluding hydrogens is 337 g/mol. The van der Waals surface area contributed by atoms with Crippen LogP contribution in [0.2, 0.25) is 10.0 Å². The van der Waals surface area contributed by atoms with E-state index >= 15 is 0 Å². The summed E-state index contributed by atoms with van der Waals surface area (Å²) in [6.07, 6.45) is 0. The van der Waals surface area contributed by atoms with Gasteiger partial charge in [0.05, 0.1) is 15.0 Å². The van der Waals surface area contributed by atoms with Gasteiger partial charge in [-0.25, -0.2) is 10.8 Å². The van der Waals surface area contributed by atoms with Crippen LogP contribution < -0.4 is 11.3 Å². The molecule has 110 valence electrons. The number of nitrogen functional groups attached to an aromatic ring is 1. The van der Waals surface area contributed by atoms with Crippen LogP contribution >= 0.6 is 35.0 Å². The molecule has 1 aromatic heterocycles. The molecule has 1 heterocycles. The summed E-state index contributed by atoms with van der Waals surface area (Å²) >= 11 is 12.8. The van der Waals surface area contributed by atoms with Crippen molar-refractivity contribution in [3.05, 3.63) is 44.1 Å². The van der Waals surface area contributed by atoms with Crippen molar-refractivity contribution >= 4 is 46.6 Å². The summed E-state index contributed by atoms with van der Waals surface area (Å²) < 4.78 is 0. The minimum absolute atomic E-state index is 0.0978. The Hall–Kier alpha value is -1.61. The first kappa shape index (κ1) is 15.8. The van der Waals surface area contributed by atoms with Crippen LogP contribution in [0, 0.1) is 17.0 Å². The van der Waals surface area contributed by atoms with E-state index in [2.05, 4.69) is 15.4 Å². The normalized spacial score (nSPS) is 10.5. The molecule has 0 aliphatic carbocycles. The molecule has 1 aromatic carbocycles. The maximum Gasteiger partial charge on any atom is 0.322 e. The van der Waals surface area contributed by atoms with E-state index in [1.165, 1.54) is 6.92 Å². The molecule has 10 heteroatoms. The molecule has 0 unspecified atom stereocenters. The number of hydrogen-bond acceptors (Lipinski definition) is 7. The lowest BCUT2D eigenvalue weighted by atomic mass is 10.4. The van der Waals surface area contributed by atoms with Gasteiger partial charge in [-0.05, 0) is 25.1 Å². The second-order valence-electron chi connectivity index (χ2n) is 3.87. The molecule has 2 rings (SSSR count). The highest BCUT2D eigenvalue weighted by Crippen LogP contribution is 2.37. The smallest absolute Gasteiger partial charge is 0.292 e. The number of anilines is 1. The van der Waals surface area contributed by atoms with Crippen molar-refractivity contribution in [3.8, 4) is 0 Å². The van der Waals surface area contributed by atoms with Crippen LogP contribution in [-0.4, -0.2) is 14.9 Å². The zero-order chi connectivity index (χ0) is 15.6. The Morgan fingerprint density at radius 1 is 1.33 bits per heavy atom. The SMILES string of the molecule is Cc1nc(NN)nc(Sc2ccc(Cl)c(Cl)c2)c1[N+](=O)[O-]. The number of nitrogens with zero attached hydrogens (tertiary/aromatic N) is 3. The number of aryl methyl sites for hydroxylation is 1. The molecule has 0 amide bonds. The van der Waals surface area contributed by atoms with E-state index in [4.69, 9.17) is 29.0 Å². The van der Waals surface area contributed by atoms with E-state index < -0.39 is 4.92 Å². The van der Waals surface area contributed by atoms with Crippen LogP contribution in [0.15, 0.2) is 28.1 Å². The Morgan fingerprint density at radius 2 is 2.05 bits per heavy atom. The van der Waals surface area contributed by atoms with E-state index in [0.29, 0.717) is 14.9 Å². The predicted molar refractivity (Wildman–Crippen MR) is 81.8 cm³/mol. The molecular formula is C11H9Cl2N5O2S. The summed E-state index contributed by atoms with van der Waals surface area (Å²) in [6, 6.07) is 4.90. The Labute approximate surface area is 134 Å². The first-order valence-electron chi connectivity index (χ1n) is 5.55. The van der Waals surface area contributed by atoms with Crippen molar-refractivity contribution in [1.29, 1.82) is 0 Å². The predicted octanol–water partition coefficient (Wildman–Crippen LogP) is 3.44. The molecule has 2 aromatic rings. The third kappa shape index (κ3) is 3.53. The molecule has 7 nitrogen and oxygen atoms in total. The molecule has 0 aliphatic rings. The standard InChI is InChI=1S/C11H9Cl2N5O2S/c1-5-9(18(19)20)10(16-11(15-5)17-14)21-6-2-3-7(12)8(13)4-6/h2-4H,14H2,1H3,(H,15,16,17). The number of rotatable bonds is 4. The number of aromatic nitrogens is 2. The maximum absolute atomic E-state index is 11.2. The number of halogens is 2. The fourth-order valence-electron chi connectivity index (χ4n) is 1.54. The zero-order valence-electron chi connectivity index (χ0n) is 10.6. The van der Waals surface area contributed by atoms with Gasteiger partial charge < -0.3 is 0 Å². The fraction of sp³-hybridized carbons (Fsp3) is 0.0909. The lowest BCUT2D eigenvalue weighted by Gasteiger charge is -2.07. The van der Waals surface area contributed by atoms with Crippen LogP contribution in [0.1, 0.15) is 5.69 Å². The van der Waals surface area contributed by atoms with Crippen molar-refractivity contribution in [1.82, 2.24) is 9.97 Å². The lowest BCUT2D eigenvalue weighted by Crippen LogP contribution is -2.12. The molecule has 0 atom stereocenters. The molecule has 0 spiro atoms. The van der Waals surface area contributed by atoms with E-state index in [0.717, 1.165) is 11.8 Å². The van der Waals surface area contributed by atoms with Gasteiger partial charge in [-0.2, -0.15) is 4.98 Å². The highest BCUT2D eigenvalue weighted by atomic mass is 35.5. The Morgan fingerprint density at radius 3 is 2.62 bits per heavy atom. The quantitative estimate of drug-likeness (QED) is 0.378. The topological polar surface area (TPSA) is 107 Å². The van der Waals surface area contributed by atoms with Gasteiger partial charge in [0.2, 0.25) is 5.95 Å². The molecule has 0 fully saturated rings. The van der Waals surface area contributed by atoms with Gasteiger partial charge in [0.1, 0.15) is 5.69 Å². The maximum atomic E-state index is 11.2. The number of nitrogens with one attached hydrogen (secondary N) is 1. The van der Waals surface area contributed by atoms with Gasteiger partial charge in [0, 0.05) is 4.90 Å². The van der Waals surface area contributed by atoms with Crippen LogP contribution in [0.3, 0.4) is 0 Å². The van der Waals surface area contributed by atoms with E-state index in [1.54, 1.807) is 18.2 Å². The molecule has 0 radical (unpaired) electrons. The number of nitrogens with two attached hydrogens (primary N) is 1. The Bertz CT molecular complexity index is 713. The van der Waals surface area contributed by atoms with Crippen LogP contribution in [0.5, 0.6) is 0 Å². The number of hydrazine groups is 1. The minimum atomic E-state index is -0.532. The van der Waals surface area contributed by atoms with Gasteiger partial charge in [-0.15, -0.1) is 0 Å². The van der Waals surface area contributed by atoms with Crippen LogP contribution in [0.4, 0.5) is 11.6 Å². The highest BCUT2D eigenvalue weighted by molar-refractivity contribution is 7.99. The van der Waals surface area contributed by atoms with Gasteiger partial charge >= 0.3 is 5.69 Å². The molecule has 0 saturated heterocycles. The number of benzene rings is 1. The molecule has 0 aliphatic heterocycles. The van der Waals surface area contributed by atoms with E-state index in [-0.39, 0.29) is 22.4 Å². The first-order valence-corrected chi connectivity index (χ1v) is 7.12. The van der Waals surface area contributed by atoms with Crippen molar-refractivity contribution in [3.63, 3.8) is 0 Å². The van der Waals surface area contributed by atoms with Gasteiger partial charge in [0.15, 0.2) is 5.03 Å². The highest BCUT2D eigenvalue weighted by Gasteiger charge is 2.23. The Kier molecular flexibility index (Phi) is 4.84. The molecule has 3 N–H and O–H groups in total. The summed E-state index contributed by atoms with van der Waals surface area (Å²) in [5, 5.41) is 12.1. The first-order chi connectivity index (χ1) is 9.92. The van der Waals surface area contributed by atoms with Gasteiger partial charge in [-0.3, -0.25) is 15.5 Å². The van der Waals surface area contributed by atoms with E-state index in [9.17, 15) is 10.1 Å². The zero-order valence-corrected chi connectivity index (χ0v) is 13.0. The monoisotopic (exact) mass is 345 g/mol. The number of hydrogen-bond donors (Lipinski definition) is 2. The summed E-state index contributed by atoms with van der Waals surface area (Å²) in [7, 11) is 0. The second kappa shape index (κ2) is 6.44. The van der Waals surface area contributed by atoms with Crippen molar-refractivity contribution in [2.75, 3.05) is 5.43 Å². The summed E-state index contributed by atoms with van der Waals surface area (Å²) in [5.41, 5.74) is 2.31. The summed E-state index contributed by atoms with van der Waals surface area (Å²) in [6.45, 7) is 1.51. The molecule has 0 saturated carbocycles. The largest absolute Gasteiger partial charge is 0.322 e. The lowest BCUT2D eigenvalue weighted by molar-refractivity contribution is -0.389. The van der Waals surface area contributed by atoms with Crippen molar-refractivity contribution in [2.24, 2.45) is 5.84 Å². The Balaban J connectivity index is 2.48. The average Bonchev–Trinajstić information content (AvgIpc) is 2.41. The van der Waals surface area contributed by atoms with E-state index in [1.807, 2.05) is 0 Å². The second-order valence-corrected chi connectivity index (χ2v) is 5.74. The third-order valence-electron chi connectivity index (χ3n) is 2.44. The molecule has 0 bridgehead atoms. The summed E-state index contributed by atoms with van der Waals surface area (Å²) in [5.74, 6) is 5.36. The number of nitro groups is 1.